The maximum Gasteiger partial charge on any atom is 0.263 e. The van der Waals surface area contributed by atoms with Gasteiger partial charge >= 0.3 is 0 Å². The normalized spacial score (nSPS) is 12.4. The minimum atomic E-state index is -0.171. The molecule has 1 aliphatic rings. The summed E-state index contributed by atoms with van der Waals surface area (Å²) in [5.74, 6) is 2.00. The van der Waals surface area contributed by atoms with Crippen LogP contribution in [-0.2, 0) is 6.54 Å². The monoisotopic (exact) mass is 342 g/mol. The molecule has 0 atom stereocenters. The van der Waals surface area contributed by atoms with Crippen LogP contribution in [0, 0.1) is 6.92 Å². The summed E-state index contributed by atoms with van der Waals surface area (Å²) in [7, 11) is 0. The minimum Gasteiger partial charge on any atom is -0.467 e. The quantitative estimate of drug-likeness (QED) is 0.787. The highest BCUT2D eigenvalue weighted by Crippen LogP contribution is 2.36. The van der Waals surface area contributed by atoms with Crippen molar-refractivity contribution in [2.45, 2.75) is 13.5 Å². The number of furan rings is 1. The molecule has 3 heterocycles. The third-order valence-electron chi connectivity index (χ3n) is 3.73. The Morgan fingerprint density at radius 3 is 3.00 bits per heavy atom. The van der Waals surface area contributed by atoms with E-state index in [0.29, 0.717) is 17.2 Å². The zero-order valence-corrected chi connectivity index (χ0v) is 13.7. The van der Waals surface area contributed by atoms with E-state index in [9.17, 15) is 4.79 Å². The summed E-state index contributed by atoms with van der Waals surface area (Å²) in [6.45, 7) is 2.53. The molecule has 1 amide bonds. The molecule has 0 aliphatic carbocycles. The number of nitrogens with zero attached hydrogens (tertiary/aromatic N) is 1. The number of benzene rings is 1. The van der Waals surface area contributed by atoms with Gasteiger partial charge in [-0.25, -0.2) is 4.98 Å². The SMILES string of the molecule is Cc1ccoc1CNC(=O)c1cnc(-c2ccc3c(c2)OCO3)s1. The van der Waals surface area contributed by atoms with Gasteiger partial charge in [0.1, 0.15) is 15.6 Å². The van der Waals surface area contributed by atoms with Gasteiger partial charge in [-0.3, -0.25) is 4.79 Å². The molecule has 0 spiro atoms. The zero-order chi connectivity index (χ0) is 16.5. The third-order valence-corrected chi connectivity index (χ3v) is 4.77. The van der Waals surface area contributed by atoms with Crippen molar-refractivity contribution in [3.63, 3.8) is 0 Å². The van der Waals surface area contributed by atoms with Crippen molar-refractivity contribution >= 4 is 17.2 Å². The van der Waals surface area contributed by atoms with Crippen LogP contribution in [0.15, 0.2) is 41.1 Å². The first-order chi connectivity index (χ1) is 11.7. The summed E-state index contributed by atoms with van der Waals surface area (Å²) in [4.78, 5) is 17.1. The van der Waals surface area contributed by atoms with E-state index < -0.39 is 0 Å². The van der Waals surface area contributed by atoms with Gasteiger partial charge in [-0.05, 0) is 36.8 Å². The van der Waals surface area contributed by atoms with Crippen LogP contribution in [0.25, 0.3) is 10.6 Å². The molecule has 0 radical (unpaired) electrons. The van der Waals surface area contributed by atoms with E-state index in [1.165, 1.54) is 11.3 Å². The number of nitrogens with one attached hydrogen (secondary N) is 1. The van der Waals surface area contributed by atoms with Gasteiger partial charge in [-0.2, -0.15) is 0 Å². The lowest BCUT2D eigenvalue weighted by atomic mass is 10.2. The fourth-order valence-electron chi connectivity index (χ4n) is 2.37. The molecule has 0 bridgehead atoms. The molecule has 0 fully saturated rings. The highest BCUT2D eigenvalue weighted by molar-refractivity contribution is 7.16. The van der Waals surface area contributed by atoms with Gasteiger partial charge in [0.25, 0.3) is 5.91 Å². The Balaban J connectivity index is 1.48. The summed E-state index contributed by atoms with van der Waals surface area (Å²) in [6, 6.07) is 7.49. The Bertz CT molecular complexity index is 900. The predicted octanol–water partition coefficient (Wildman–Crippen LogP) is 3.37. The van der Waals surface area contributed by atoms with E-state index in [1.807, 2.05) is 31.2 Å². The van der Waals surface area contributed by atoms with Crippen LogP contribution < -0.4 is 14.8 Å². The van der Waals surface area contributed by atoms with E-state index in [1.54, 1.807) is 12.5 Å². The molecule has 122 valence electrons. The number of hydrogen-bond acceptors (Lipinski definition) is 6. The molecular weight excluding hydrogens is 328 g/mol. The van der Waals surface area contributed by atoms with E-state index in [0.717, 1.165) is 27.6 Å². The summed E-state index contributed by atoms with van der Waals surface area (Å²) < 4.78 is 16.0. The predicted molar refractivity (Wildman–Crippen MR) is 88.3 cm³/mol. The fourth-order valence-corrected chi connectivity index (χ4v) is 3.20. The van der Waals surface area contributed by atoms with Gasteiger partial charge in [0.2, 0.25) is 6.79 Å². The summed E-state index contributed by atoms with van der Waals surface area (Å²) in [6.07, 6.45) is 3.19. The topological polar surface area (TPSA) is 73.6 Å². The minimum absolute atomic E-state index is 0.171. The molecular formula is C17H14N2O4S. The molecule has 24 heavy (non-hydrogen) atoms. The molecule has 7 heteroatoms. The standard InChI is InChI=1S/C17H14N2O4S/c1-10-4-5-21-14(10)7-18-16(20)15-8-19-17(24-15)11-2-3-12-13(6-11)23-9-22-12/h2-6,8H,7,9H2,1H3,(H,18,20). The highest BCUT2D eigenvalue weighted by atomic mass is 32.1. The summed E-state index contributed by atoms with van der Waals surface area (Å²) >= 11 is 1.33. The van der Waals surface area contributed by atoms with E-state index in [-0.39, 0.29) is 12.7 Å². The smallest absolute Gasteiger partial charge is 0.263 e. The van der Waals surface area contributed by atoms with Crippen molar-refractivity contribution < 1.29 is 18.7 Å². The van der Waals surface area contributed by atoms with Crippen molar-refractivity contribution in [1.82, 2.24) is 10.3 Å². The number of hydrogen-bond donors (Lipinski definition) is 1. The van der Waals surface area contributed by atoms with Crippen LogP contribution in [0.1, 0.15) is 21.0 Å². The largest absolute Gasteiger partial charge is 0.467 e. The number of aromatic nitrogens is 1. The zero-order valence-electron chi connectivity index (χ0n) is 12.9. The van der Waals surface area contributed by atoms with Gasteiger partial charge in [-0.15, -0.1) is 11.3 Å². The molecule has 0 unspecified atom stereocenters. The van der Waals surface area contributed by atoms with Crippen molar-refractivity contribution in [2.24, 2.45) is 0 Å². The lowest BCUT2D eigenvalue weighted by Gasteiger charge is -2.01. The lowest BCUT2D eigenvalue weighted by Crippen LogP contribution is -2.21. The third kappa shape index (κ3) is 2.74. The van der Waals surface area contributed by atoms with Crippen LogP contribution in [0.2, 0.25) is 0 Å². The maximum atomic E-state index is 12.3. The Labute approximate surface area is 142 Å². The number of aryl methyl sites for hydroxylation is 1. The van der Waals surface area contributed by atoms with Gasteiger partial charge in [0, 0.05) is 5.56 Å². The Hall–Kier alpha value is -2.80. The number of carbonyl (C=O) groups excluding carboxylic acids is 1. The molecule has 1 aliphatic heterocycles. The van der Waals surface area contributed by atoms with Gasteiger partial charge in [0.15, 0.2) is 11.5 Å². The molecule has 1 N–H and O–H groups in total. The molecule has 0 saturated carbocycles. The molecule has 2 aromatic heterocycles. The number of fused-ring (bicyclic) bond motifs is 1. The second-order valence-electron chi connectivity index (χ2n) is 5.31. The fraction of sp³-hybridized carbons (Fsp3) is 0.176. The van der Waals surface area contributed by atoms with Gasteiger partial charge < -0.3 is 19.2 Å². The Morgan fingerprint density at radius 2 is 2.17 bits per heavy atom. The van der Waals surface area contributed by atoms with Crippen LogP contribution >= 0.6 is 11.3 Å². The summed E-state index contributed by atoms with van der Waals surface area (Å²) in [5.41, 5.74) is 1.91. The Morgan fingerprint density at radius 1 is 1.29 bits per heavy atom. The number of carbonyl (C=O) groups is 1. The maximum absolute atomic E-state index is 12.3. The Kier molecular flexibility index (Phi) is 3.70. The number of ether oxygens (including phenoxy) is 2. The summed E-state index contributed by atoms with van der Waals surface area (Å²) in [5, 5.41) is 3.60. The first-order valence-corrected chi connectivity index (χ1v) is 8.19. The average Bonchev–Trinajstić information content (AvgIpc) is 3.32. The molecule has 4 rings (SSSR count). The van der Waals surface area contributed by atoms with E-state index >= 15 is 0 Å². The highest BCUT2D eigenvalue weighted by Gasteiger charge is 2.17. The molecule has 6 nitrogen and oxygen atoms in total. The first-order valence-electron chi connectivity index (χ1n) is 7.38. The van der Waals surface area contributed by atoms with Crippen LogP contribution in [0.4, 0.5) is 0 Å². The van der Waals surface area contributed by atoms with E-state index in [2.05, 4.69) is 10.3 Å². The van der Waals surface area contributed by atoms with Gasteiger partial charge in [-0.1, -0.05) is 0 Å². The second kappa shape index (κ2) is 6.01. The van der Waals surface area contributed by atoms with Crippen molar-refractivity contribution in [3.05, 3.63) is 52.9 Å². The van der Waals surface area contributed by atoms with Crippen molar-refractivity contribution in [3.8, 4) is 22.1 Å². The molecule has 1 aromatic carbocycles. The average molecular weight is 342 g/mol. The van der Waals surface area contributed by atoms with E-state index in [4.69, 9.17) is 13.9 Å². The number of rotatable bonds is 4. The lowest BCUT2D eigenvalue weighted by molar-refractivity contribution is 0.0952. The number of amides is 1. The molecule has 3 aromatic rings. The van der Waals surface area contributed by atoms with Gasteiger partial charge in [0.05, 0.1) is 19.0 Å². The molecule has 0 saturated heterocycles. The van der Waals surface area contributed by atoms with Crippen molar-refractivity contribution in [1.29, 1.82) is 0 Å². The van der Waals surface area contributed by atoms with Crippen LogP contribution in [-0.4, -0.2) is 17.7 Å². The van der Waals surface area contributed by atoms with Crippen LogP contribution in [0.5, 0.6) is 11.5 Å². The van der Waals surface area contributed by atoms with Crippen molar-refractivity contribution in [2.75, 3.05) is 6.79 Å². The van der Waals surface area contributed by atoms with Crippen LogP contribution in [0.3, 0.4) is 0 Å². The first kappa shape index (κ1) is 14.8. The second-order valence-corrected chi connectivity index (χ2v) is 6.34. The number of thiazole rings is 1.